The molecule has 0 saturated heterocycles. The molecule has 25 heavy (non-hydrogen) atoms. The van der Waals surface area contributed by atoms with E-state index in [0.717, 1.165) is 23.0 Å². The molecule has 0 heteroatoms. The minimum absolute atomic E-state index is 0.833. The van der Waals surface area contributed by atoms with Crippen LogP contribution < -0.4 is 0 Å². The van der Waals surface area contributed by atoms with Gasteiger partial charge in [-0.3, -0.25) is 0 Å². The molecule has 2 aliphatic rings. The lowest BCUT2D eigenvalue weighted by Gasteiger charge is -2.09. The fourth-order valence-corrected chi connectivity index (χ4v) is 3.85. The van der Waals surface area contributed by atoms with Crippen LogP contribution in [-0.2, 0) is 0 Å². The molecule has 0 aliphatic heterocycles. The summed E-state index contributed by atoms with van der Waals surface area (Å²) in [5.74, 6) is 1.74. The van der Waals surface area contributed by atoms with Gasteiger partial charge in [-0.25, -0.2) is 0 Å². The van der Waals surface area contributed by atoms with Crippen LogP contribution in [0, 0.1) is 11.8 Å². The average Bonchev–Trinajstić information content (AvgIpc) is 3.31. The van der Waals surface area contributed by atoms with Gasteiger partial charge in [0.1, 0.15) is 0 Å². The van der Waals surface area contributed by atoms with Crippen molar-refractivity contribution in [2.45, 2.75) is 19.8 Å². The van der Waals surface area contributed by atoms with Crippen molar-refractivity contribution in [3.8, 4) is 11.1 Å². The summed E-state index contributed by atoms with van der Waals surface area (Å²) in [5, 5.41) is 0. The average molecular weight is 326 g/mol. The van der Waals surface area contributed by atoms with Gasteiger partial charge in [0.15, 0.2) is 0 Å². The van der Waals surface area contributed by atoms with Crippen molar-refractivity contribution in [2.24, 2.45) is 11.8 Å². The molecule has 2 atom stereocenters. The van der Waals surface area contributed by atoms with E-state index >= 15 is 0 Å². The summed E-state index contributed by atoms with van der Waals surface area (Å²) in [7, 11) is 0. The Labute approximate surface area is 151 Å². The van der Waals surface area contributed by atoms with Gasteiger partial charge in [-0.05, 0) is 53.9 Å². The molecule has 2 unspecified atom stereocenters. The van der Waals surface area contributed by atoms with E-state index < -0.39 is 0 Å². The minimum atomic E-state index is 0.833. The van der Waals surface area contributed by atoms with Crippen LogP contribution in [0.15, 0.2) is 85.5 Å². The zero-order valence-corrected chi connectivity index (χ0v) is 15.0. The van der Waals surface area contributed by atoms with E-state index in [9.17, 15) is 0 Å². The van der Waals surface area contributed by atoms with Gasteiger partial charge >= 0.3 is 0 Å². The molecular formula is C25H26. The van der Waals surface area contributed by atoms with Gasteiger partial charge in [0.05, 0.1) is 0 Å². The Morgan fingerprint density at radius 1 is 0.920 bits per heavy atom. The molecular weight excluding hydrogens is 300 g/mol. The maximum Gasteiger partial charge on any atom is -0.00174 e. The highest BCUT2D eigenvalue weighted by Crippen LogP contribution is 2.42. The molecule has 126 valence electrons. The van der Waals surface area contributed by atoms with E-state index in [1.165, 1.54) is 24.0 Å². The monoisotopic (exact) mass is 326 g/mol. The van der Waals surface area contributed by atoms with Gasteiger partial charge in [-0.2, -0.15) is 0 Å². The first-order valence-electron chi connectivity index (χ1n) is 9.03. The first-order chi connectivity index (χ1) is 12.3. The second-order valence-electron chi connectivity index (χ2n) is 6.64. The van der Waals surface area contributed by atoms with Crippen molar-refractivity contribution in [2.75, 3.05) is 0 Å². The fraction of sp³-hybridized carbons (Fsp3) is 0.200. The quantitative estimate of drug-likeness (QED) is 0.524. The highest BCUT2D eigenvalue weighted by molar-refractivity contribution is 5.80. The van der Waals surface area contributed by atoms with Crippen molar-refractivity contribution >= 4 is 12.2 Å². The van der Waals surface area contributed by atoms with Crippen LogP contribution in [0.5, 0.6) is 0 Å². The van der Waals surface area contributed by atoms with Gasteiger partial charge in [0, 0.05) is 0 Å². The van der Waals surface area contributed by atoms with Crippen LogP contribution in [0.4, 0.5) is 0 Å². The maximum atomic E-state index is 3.88. The first-order valence-corrected chi connectivity index (χ1v) is 9.03. The van der Waals surface area contributed by atoms with Gasteiger partial charge in [-0.15, -0.1) is 0 Å². The Morgan fingerprint density at radius 3 is 2.24 bits per heavy atom. The summed E-state index contributed by atoms with van der Waals surface area (Å²) in [5.41, 5.74) is 6.34. The smallest absolute Gasteiger partial charge is 0.00174 e. The zero-order valence-electron chi connectivity index (χ0n) is 15.0. The van der Waals surface area contributed by atoms with Crippen LogP contribution in [0.25, 0.3) is 23.3 Å². The van der Waals surface area contributed by atoms with E-state index in [1.807, 2.05) is 36.4 Å². The standard InChI is InChI=1S/C16H14.C9H12/c1-3-13-11-8-12-16(15(13)4-2)14-9-6-5-7-10-14;1-2-8-5-7-3-4-9(8)6-7/h3-12H,1-2H2;2-4,7,9H,5-6H2,1H3. The van der Waals surface area contributed by atoms with Crippen molar-refractivity contribution < 1.29 is 0 Å². The molecule has 0 nitrogen and oxygen atoms in total. The lowest BCUT2D eigenvalue weighted by Crippen LogP contribution is -1.90. The molecule has 0 amide bonds. The molecule has 0 aromatic heterocycles. The van der Waals surface area contributed by atoms with E-state index in [1.54, 1.807) is 5.57 Å². The van der Waals surface area contributed by atoms with Gasteiger partial charge < -0.3 is 0 Å². The van der Waals surface area contributed by atoms with Crippen LogP contribution in [-0.4, -0.2) is 0 Å². The van der Waals surface area contributed by atoms with Crippen LogP contribution in [0.3, 0.4) is 0 Å². The Bertz CT molecular complexity index is 805. The third-order valence-corrected chi connectivity index (χ3v) is 5.17. The second-order valence-corrected chi connectivity index (χ2v) is 6.64. The number of allylic oxidation sites excluding steroid dienone is 4. The Morgan fingerprint density at radius 2 is 1.72 bits per heavy atom. The predicted octanol–water partition coefficient (Wildman–Crippen LogP) is 7.17. The number of fused-ring (bicyclic) bond motifs is 2. The lowest BCUT2D eigenvalue weighted by atomic mass is 9.95. The molecule has 2 aromatic rings. The minimum Gasteiger partial charge on any atom is -0.0984 e. The summed E-state index contributed by atoms with van der Waals surface area (Å²) in [4.78, 5) is 0. The Hall–Kier alpha value is -2.60. The molecule has 2 aromatic carbocycles. The van der Waals surface area contributed by atoms with Gasteiger partial charge in [-0.1, -0.05) is 97.6 Å². The maximum absolute atomic E-state index is 3.88. The fourth-order valence-electron chi connectivity index (χ4n) is 3.85. The Balaban J connectivity index is 0.000000170. The number of rotatable bonds is 3. The molecule has 4 rings (SSSR count). The van der Waals surface area contributed by atoms with Crippen molar-refractivity contribution in [1.82, 2.24) is 0 Å². The summed E-state index contributed by atoms with van der Waals surface area (Å²) in [6, 6.07) is 16.5. The van der Waals surface area contributed by atoms with E-state index in [4.69, 9.17) is 0 Å². The zero-order chi connectivity index (χ0) is 17.6. The summed E-state index contributed by atoms with van der Waals surface area (Å²) in [6.45, 7) is 9.86. The molecule has 0 heterocycles. The molecule has 0 N–H and O–H groups in total. The molecule has 2 bridgehead atoms. The molecule has 1 fully saturated rings. The second kappa shape index (κ2) is 7.98. The third-order valence-electron chi connectivity index (χ3n) is 5.17. The largest absolute Gasteiger partial charge is 0.0984 e. The predicted molar refractivity (Wildman–Crippen MR) is 111 cm³/mol. The van der Waals surface area contributed by atoms with Crippen molar-refractivity contribution in [1.29, 1.82) is 0 Å². The summed E-state index contributed by atoms with van der Waals surface area (Å²) >= 11 is 0. The number of hydrogen-bond donors (Lipinski definition) is 0. The van der Waals surface area contributed by atoms with Crippen molar-refractivity contribution in [3.05, 3.63) is 96.6 Å². The van der Waals surface area contributed by atoms with Gasteiger partial charge in [0.25, 0.3) is 0 Å². The number of hydrogen-bond acceptors (Lipinski definition) is 0. The summed E-state index contributed by atoms with van der Waals surface area (Å²) in [6.07, 6.45) is 13.5. The lowest BCUT2D eigenvalue weighted by molar-refractivity contribution is 0.693. The SMILES string of the molecule is C=Cc1cccc(-c2ccccc2)c1C=C.CC=C1CC2C=CC1C2. The van der Waals surface area contributed by atoms with E-state index in [0.29, 0.717) is 0 Å². The normalized spacial score (nSPS) is 21.7. The highest BCUT2D eigenvalue weighted by atomic mass is 14.3. The van der Waals surface area contributed by atoms with Crippen LogP contribution in [0.1, 0.15) is 30.9 Å². The molecule has 0 spiro atoms. The molecule has 2 aliphatic carbocycles. The summed E-state index contributed by atoms with van der Waals surface area (Å²) < 4.78 is 0. The third kappa shape index (κ3) is 3.74. The first kappa shape index (κ1) is 17.2. The number of benzene rings is 2. The van der Waals surface area contributed by atoms with E-state index in [-0.39, 0.29) is 0 Å². The van der Waals surface area contributed by atoms with Crippen LogP contribution in [0.2, 0.25) is 0 Å². The molecule has 1 saturated carbocycles. The van der Waals surface area contributed by atoms with Gasteiger partial charge in [0.2, 0.25) is 0 Å². The Kier molecular flexibility index (Phi) is 5.50. The van der Waals surface area contributed by atoms with E-state index in [2.05, 4.69) is 62.6 Å². The topological polar surface area (TPSA) is 0 Å². The highest BCUT2D eigenvalue weighted by Gasteiger charge is 2.29. The van der Waals surface area contributed by atoms with Crippen molar-refractivity contribution in [3.63, 3.8) is 0 Å². The molecule has 0 radical (unpaired) electrons. The van der Waals surface area contributed by atoms with Crippen LogP contribution >= 0.6 is 0 Å².